The molecule has 1 aliphatic heterocycles. The first-order valence-corrected chi connectivity index (χ1v) is 10.2. The maximum absolute atomic E-state index is 12.9. The molecule has 6 nitrogen and oxygen atoms in total. The van der Waals surface area contributed by atoms with Crippen molar-refractivity contribution < 1.29 is 19.4 Å². The van der Waals surface area contributed by atoms with Crippen LogP contribution in [0.15, 0.2) is 59.8 Å². The van der Waals surface area contributed by atoms with Crippen LogP contribution in [0, 0.1) is 5.92 Å². The summed E-state index contributed by atoms with van der Waals surface area (Å²) in [6, 6.07) is 14.0. The summed E-state index contributed by atoms with van der Waals surface area (Å²) in [4.78, 5) is 12.9. The Morgan fingerprint density at radius 1 is 1.20 bits per heavy atom. The van der Waals surface area contributed by atoms with E-state index in [-0.39, 0.29) is 12.4 Å². The molecule has 0 aliphatic carbocycles. The number of rotatable bonds is 7. The van der Waals surface area contributed by atoms with E-state index in [9.17, 15) is 9.90 Å². The van der Waals surface area contributed by atoms with E-state index in [0.29, 0.717) is 40.2 Å². The van der Waals surface area contributed by atoms with Gasteiger partial charge in [-0.1, -0.05) is 50.2 Å². The largest absolute Gasteiger partial charge is 0.504 e. The number of hydrogen-bond donors (Lipinski definition) is 3. The molecule has 0 bridgehead atoms. The average Bonchev–Trinajstić information content (AvgIpc) is 2.71. The van der Waals surface area contributed by atoms with E-state index in [2.05, 4.69) is 10.6 Å². The molecule has 1 heterocycles. The van der Waals surface area contributed by atoms with Crippen LogP contribution in [0.25, 0.3) is 0 Å². The number of allylic oxidation sites excluding steroid dienone is 1. The van der Waals surface area contributed by atoms with E-state index in [0.717, 1.165) is 5.56 Å². The van der Waals surface area contributed by atoms with Crippen molar-refractivity contribution in [2.24, 2.45) is 5.92 Å². The Labute approximate surface area is 181 Å². The topological polar surface area (TPSA) is 79.8 Å². The zero-order valence-corrected chi connectivity index (χ0v) is 18.1. The Balaban J connectivity index is 1.82. The van der Waals surface area contributed by atoms with Crippen LogP contribution in [0.2, 0.25) is 0 Å². The number of hydrogen-bond acceptors (Lipinski definition) is 5. The van der Waals surface area contributed by atoms with Crippen LogP contribution in [0.1, 0.15) is 37.9 Å². The van der Waals surface area contributed by atoms with Gasteiger partial charge in [-0.05, 0) is 48.3 Å². The van der Waals surface area contributed by atoms with Crippen LogP contribution in [0.5, 0.6) is 11.5 Å². The summed E-state index contributed by atoms with van der Waals surface area (Å²) in [7, 11) is 0. The summed E-state index contributed by atoms with van der Waals surface area (Å²) in [5.74, 6) is 0.291. The van der Waals surface area contributed by atoms with Gasteiger partial charge in [0.1, 0.15) is 6.61 Å². The average molecular weight is 427 g/mol. The fourth-order valence-electron chi connectivity index (χ4n) is 3.11. The molecule has 0 aromatic heterocycles. The maximum Gasteiger partial charge on any atom is 0.338 e. The number of phenols is 1. The summed E-state index contributed by atoms with van der Waals surface area (Å²) in [5, 5.41) is 16.9. The van der Waals surface area contributed by atoms with Crippen molar-refractivity contribution in [2.75, 3.05) is 6.61 Å². The maximum atomic E-state index is 12.9. The number of thiocarbonyl (C=S) groups is 1. The summed E-state index contributed by atoms with van der Waals surface area (Å²) >= 11 is 5.27. The van der Waals surface area contributed by atoms with E-state index in [1.165, 1.54) is 0 Å². The van der Waals surface area contributed by atoms with Crippen LogP contribution in [-0.2, 0) is 16.1 Å². The number of benzene rings is 2. The predicted octanol–water partition coefficient (Wildman–Crippen LogP) is 3.96. The number of phenolic OH excluding ortho intramolecular Hbond substituents is 1. The predicted molar refractivity (Wildman–Crippen MR) is 119 cm³/mol. The lowest BCUT2D eigenvalue weighted by molar-refractivity contribution is -0.140. The molecule has 0 amide bonds. The second kappa shape index (κ2) is 9.63. The number of aromatic hydroxyl groups is 1. The molecule has 0 saturated heterocycles. The van der Waals surface area contributed by atoms with Crippen LogP contribution in [0.4, 0.5) is 0 Å². The van der Waals surface area contributed by atoms with E-state index < -0.39 is 12.0 Å². The van der Waals surface area contributed by atoms with Crippen molar-refractivity contribution in [2.45, 2.75) is 33.4 Å². The number of nitrogens with one attached hydrogen (secondary N) is 2. The normalized spacial score (nSPS) is 16.1. The standard InChI is InChI=1S/C23H26N2O4S/c1-14(2)12-28-19-10-9-17(11-18(19)26)21-20(15(3)24-23(30)25-21)22(27)29-13-16-7-5-4-6-8-16/h4-11,14,21,26H,12-13H2,1-3H3,(H2,24,25,30)/t21-/m0/s1. The van der Waals surface area contributed by atoms with Crippen molar-refractivity contribution in [3.63, 3.8) is 0 Å². The molecule has 2 aromatic carbocycles. The molecule has 158 valence electrons. The number of ether oxygens (including phenoxy) is 2. The first kappa shape index (κ1) is 21.6. The fraction of sp³-hybridized carbons (Fsp3) is 0.304. The number of carbonyl (C=O) groups excluding carboxylic acids is 1. The van der Waals surface area contributed by atoms with Gasteiger partial charge in [0.05, 0.1) is 18.2 Å². The van der Waals surface area contributed by atoms with Crippen molar-refractivity contribution in [1.82, 2.24) is 10.6 Å². The molecule has 2 aromatic rings. The van der Waals surface area contributed by atoms with E-state index in [4.69, 9.17) is 21.7 Å². The molecule has 3 rings (SSSR count). The highest BCUT2D eigenvalue weighted by molar-refractivity contribution is 7.80. The van der Waals surface area contributed by atoms with Gasteiger partial charge < -0.3 is 25.2 Å². The lowest BCUT2D eigenvalue weighted by Gasteiger charge is -2.30. The summed E-state index contributed by atoms with van der Waals surface area (Å²) in [6.45, 7) is 6.51. The van der Waals surface area contributed by atoms with Crippen LogP contribution in [0.3, 0.4) is 0 Å². The first-order valence-electron chi connectivity index (χ1n) is 9.80. The zero-order valence-electron chi connectivity index (χ0n) is 17.3. The molecule has 3 N–H and O–H groups in total. The summed E-state index contributed by atoms with van der Waals surface area (Å²) in [6.07, 6.45) is 0. The lowest BCUT2D eigenvalue weighted by atomic mass is 9.95. The Bertz CT molecular complexity index is 957. The minimum atomic E-state index is -0.549. The molecule has 0 fully saturated rings. The minimum absolute atomic E-state index is 0.00839. The molecule has 30 heavy (non-hydrogen) atoms. The number of esters is 1. The Morgan fingerprint density at radius 3 is 2.60 bits per heavy atom. The molecule has 0 spiro atoms. The van der Waals surface area contributed by atoms with Crippen LogP contribution < -0.4 is 15.4 Å². The summed E-state index contributed by atoms with van der Waals surface area (Å²) in [5.41, 5.74) is 2.60. The highest BCUT2D eigenvalue weighted by atomic mass is 32.1. The monoisotopic (exact) mass is 426 g/mol. The van der Waals surface area contributed by atoms with Crippen molar-refractivity contribution in [1.29, 1.82) is 0 Å². The van der Waals surface area contributed by atoms with Crippen molar-refractivity contribution in [3.8, 4) is 11.5 Å². The van der Waals surface area contributed by atoms with Crippen LogP contribution in [-0.4, -0.2) is 22.8 Å². The molecule has 1 atom stereocenters. The molecule has 0 saturated carbocycles. The van der Waals surface area contributed by atoms with Gasteiger partial charge in [0.2, 0.25) is 0 Å². The van der Waals surface area contributed by atoms with Gasteiger partial charge in [-0.25, -0.2) is 4.79 Å². The highest BCUT2D eigenvalue weighted by Crippen LogP contribution is 2.34. The smallest absolute Gasteiger partial charge is 0.338 e. The zero-order chi connectivity index (χ0) is 21.7. The third kappa shape index (κ3) is 5.30. The third-order valence-electron chi connectivity index (χ3n) is 4.59. The van der Waals surface area contributed by atoms with Gasteiger partial charge in [-0.15, -0.1) is 0 Å². The SMILES string of the molecule is CC1=C(C(=O)OCc2ccccc2)[C@H](c2ccc(OCC(C)C)c(O)c2)NC(=S)N1. The van der Waals surface area contributed by atoms with Gasteiger partial charge in [0, 0.05) is 5.70 Å². The second-order valence-corrected chi connectivity index (χ2v) is 7.97. The highest BCUT2D eigenvalue weighted by Gasteiger charge is 2.31. The molecule has 0 radical (unpaired) electrons. The summed E-state index contributed by atoms with van der Waals surface area (Å²) < 4.78 is 11.2. The molecular weight excluding hydrogens is 400 g/mol. The quantitative estimate of drug-likeness (QED) is 0.457. The van der Waals surface area contributed by atoms with Gasteiger partial charge in [-0.2, -0.15) is 0 Å². The van der Waals surface area contributed by atoms with Crippen LogP contribution >= 0.6 is 12.2 Å². The van der Waals surface area contributed by atoms with E-state index in [1.54, 1.807) is 25.1 Å². The Hall–Kier alpha value is -3.06. The van der Waals surface area contributed by atoms with Gasteiger partial charge in [-0.3, -0.25) is 0 Å². The molecule has 1 aliphatic rings. The fourth-order valence-corrected chi connectivity index (χ4v) is 3.38. The molecule has 7 heteroatoms. The van der Waals surface area contributed by atoms with E-state index in [1.807, 2.05) is 44.2 Å². The Kier molecular flexibility index (Phi) is 6.95. The lowest BCUT2D eigenvalue weighted by Crippen LogP contribution is -2.45. The minimum Gasteiger partial charge on any atom is -0.504 e. The van der Waals surface area contributed by atoms with Gasteiger partial charge in [0.15, 0.2) is 16.6 Å². The second-order valence-electron chi connectivity index (χ2n) is 7.56. The van der Waals surface area contributed by atoms with Crippen molar-refractivity contribution >= 4 is 23.3 Å². The van der Waals surface area contributed by atoms with E-state index >= 15 is 0 Å². The van der Waals surface area contributed by atoms with Gasteiger partial charge in [0.25, 0.3) is 0 Å². The van der Waals surface area contributed by atoms with Gasteiger partial charge >= 0.3 is 5.97 Å². The molecule has 0 unspecified atom stereocenters. The Morgan fingerprint density at radius 2 is 1.93 bits per heavy atom. The van der Waals surface area contributed by atoms with Crippen molar-refractivity contribution in [3.05, 3.63) is 70.9 Å². The number of carbonyl (C=O) groups is 1. The first-order chi connectivity index (χ1) is 14.3. The molecular formula is C23H26N2O4S. The third-order valence-corrected chi connectivity index (χ3v) is 4.81.